The summed E-state index contributed by atoms with van der Waals surface area (Å²) in [5.41, 5.74) is 7.23. The number of nitrogens with zero attached hydrogens (tertiary/aromatic N) is 6. The first-order valence-electron chi connectivity index (χ1n) is 12.5. The van der Waals surface area contributed by atoms with Gasteiger partial charge in [-0.3, -0.25) is 14.1 Å². The van der Waals surface area contributed by atoms with Gasteiger partial charge in [0.15, 0.2) is 5.65 Å². The first-order valence-corrected chi connectivity index (χ1v) is 12.5. The second kappa shape index (κ2) is 8.81. The molecule has 2 aliphatic heterocycles. The zero-order valence-electron chi connectivity index (χ0n) is 21.3. The van der Waals surface area contributed by atoms with Crippen LogP contribution in [0.2, 0.25) is 0 Å². The first-order chi connectivity index (χ1) is 19.0. The number of cyclic esters (lactones) is 1. The van der Waals surface area contributed by atoms with Crippen molar-refractivity contribution in [3.05, 3.63) is 65.8 Å². The number of hydrogen-bond donors (Lipinski definition) is 2. The number of rotatable bonds is 6. The predicted molar refractivity (Wildman–Crippen MR) is 143 cm³/mol. The molecule has 1 aromatic carbocycles. The number of anilines is 3. The van der Waals surface area contributed by atoms with E-state index in [1.165, 1.54) is 0 Å². The summed E-state index contributed by atoms with van der Waals surface area (Å²) in [6, 6.07) is 9.37. The average molecular weight is 525 g/mol. The number of ether oxygens (including phenoxy) is 1. The minimum Gasteiger partial charge on any atom is -0.447 e. The number of fused-ring (bicyclic) bond motifs is 4. The predicted octanol–water partition coefficient (Wildman–Crippen LogP) is 3.54. The van der Waals surface area contributed by atoms with Crippen LogP contribution in [0, 0.1) is 0 Å². The quantitative estimate of drug-likeness (QED) is 0.342. The molecule has 0 aliphatic carbocycles. The molecule has 12 heteroatoms. The van der Waals surface area contributed by atoms with Crippen LogP contribution in [0.15, 0.2) is 53.4 Å². The number of amides is 2. The molecule has 12 nitrogen and oxygen atoms in total. The van der Waals surface area contributed by atoms with Gasteiger partial charge in [0.2, 0.25) is 5.71 Å². The van der Waals surface area contributed by atoms with Gasteiger partial charge in [0.1, 0.15) is 17.9 Å². The van der Waals surface area contributed by atoms with Crippen LogP contribution in [-0.4, -0.2) is 63.5 Å². The average Bonchev–Trinajstić information content (AvgIpc) is 3.71. The lowest BCUT2D eigenvalue weighted by atomic mass is 9.99. The third-order valence-corrected chi connectivity index (χ3v) is 6.92. The number of furan rings is 1. The van der Waals surface area contributed by atoms with Crippen molar-refractivity contribution in [1.82, 2.24) is 29.6 Å². The van der Waals surface area contributed by atoms with Crippen LogP contribution in [0.3, 0.4) is 0 Å². The van der Waals surface area contributed by atoms with E-state index < -0.39 is 0 Å². The summed E-state index contributed by atoms with van der Waals surface area (Å²) in [5.74, 6) is 0.405. The Bertz CT molecular complexity index is 1790. The maximum Gasteiger partial charge on any atom is 0.414 e. The van der Waals surface area contributed by atoms with E-state index in [-0.39, 0.29) is 12.0 Å². The van der Waals surface area contributed by atoms with Crippen molar-refractivity contribution < 1.29 is 18.7 Å². The molecule has 7 rings (SSSR count). The maximum atomic E-state index is 13.0. The Kier molecular flexibility index (Phi) is 5.23. The number of hydrogen-bond acceptors (Lipinski definition) is 9. The van der Waals surface area contributed by atoms with Crippen LogP contribution < -0.4 is 15.5 Å². The number of carbonyl (C=O) groups is 2. The number of pyridine rings is 1. The molecule has 196 valence electrons. The van der Waals surface area contributed by atoms with Gasteiger partial charge in [-0.25, -0.2) is 19.7 Å². The summed E-state index contributed by atoms with van der Waals surface area (Å²) in [6.45, 7) is 1.75. The van der Waals surface area contributed by atoms with Crippen LogP contribution in [0.25, 0.3) is 28.1 Å². The van der Waals surface area contributed by atoms with Gasteiger partial charge >= 0.3 is 6.09 Å². The Morgan fingerprint density at radius 1 is 1.10 bits per heavy atom. The molecule has 0 unspecified atom stereocenters. The molecule has 1 saturated heterocycles. The second-order valence-electron chi connectivity index (χ2n) is 9.69. The highest BCUT2D eigenvalue weighted by molar-refractivity contribution is 6.06. The molecule has 2 aliphatic rings. The van der Waals surface area contributed by atoms with Gasteiger partial charge in [-0.05, 0) is 37.9 Å². The van der Waals surface area contributed by atoms with Gasteiger partial charge in [0, 0.05) is 24.7 Å². The molecule has 1 fully saturated rings. The Balaban J connectivity index is 1.29. The number of benzene rings is 1. The van der Waals surface area contributed by atoms with Gasteiger partial charge in [-0.2, -0.15) is 0 Å². The van der Waals surface area contributed by atoms with Crippen molar-refractivity contribution in [2.75, 3.05) is 37.5 Å². The van der Waals surface area contributed by atoms with E-state index in [4.69, 9.17) is 14.1 Å². The lowest BCUT2D eigenvalue weighted by Gasteiger charge is -2.20. The minimum absolute atomic E-state index is 0.164. The van der Waals surface area contributed by atoms with E-state index in [1.807, 2.05) is 47.7 Å². The van der Waals surface area contributed by atoms with E-state index in [1.54, 1.807) is 29.6 Å². The zero-order chi connectivity index (χ0) is 26.7. The number of imidazole rings is 1. The van der Waals surface area contributed by atoms with Gasteiger partial charge in [-0.15, -0.1) is 0 Å². The molecule has 0 radical (unpaired) electrons. The van der Waals surface area contributed by atoms with E-state index in [2.05, 4.69) is 20.6 Å². The molecule has 0 spiro atoms. The van der Waals surface area contributed by atoms with Crippen molar-refractivity contribution in [2.24, 2.45) is 0 Å². The van der Waals surface area contributed by atoms with Crippen LogP contribution >= 0.6 is 0 Å². The number of nitrogens with one attached hydrogen (secondary N) is 2. The fourth-order valence-electron chi connectivity index (χ4n) is 5.25. The Morgan fingerprint density at radius 2 is 2.00 bits per heavy atom. The lowest BCUT2D eigenvalue weighted by Crippen LogP contribution is -2.26. The Hall–Kier alpha value is -4.97. The third kappa shape index (κ3) is 3.76. The lowest BCUT2D eigenvalue weighted by molar-refractivity contribution is 0.0966. The Labute approximate surface area is 222 Å². The second-order valence-corrected chi connectivity index (χ2v) is 9.69. The molecule has 39 heavy (non-hydrogen) atoms. The van der Waals surface area contributed by atoms with Crippen LogP contribution in [0.5, 0.6) is 0 Å². The van der Waals surface area contributed by atoms with Crippen molar-refractivity contribution in [1.29, 1.82) is 0 Å². The summed E-state index contributed by atoms with van der Waals surface area (Å²) in [6.07, 6.45) is 4.67. The summed E-state index contributed by atoms with van der Waals surface area (Å²) in [7, 11) is 3.88. The summed E-state index contributed by atoms with van der Waals surface area (Å²) in [5, 5.41) is 6.30. The summed E-state index contributed by atoms with van der Waals surface area (Å²) < 4.78 is 12.6. The summed E-state index contributed by atoms with van der Waals surface area (Å²) in [4.78, 5) is 42.5. The van der Waals surface area contributed by atoms with E-state index in [0.29, 0.717) is 60.4 Å². The largest absolute Gasteiger partial charge is 0.447 e. The molecule has 2 N–H and O–H groups in total. The van der Waals surface area contributed by atoms with E-state index in [0.717, 1.165) is 28.0 Å². The smallest absolute Gasteiger partial charge is 0.414 e. The van der Waals surface area contributed by atoms with Gasteiger partial charge < -0.3 is 24.7 Å². The molecule has 0 saturated carbocycles. The van der Waals surface area contributed by atoms with E-state index in [9.17, 15) is 9.59 Å². The topological polar surface area (TPSA) is 130 Å². The number of carbonyl (C=O) groups excluding carboxylic acids is 2. The van der Waals surface area contributed by atoms with Gasteiger partial charge in [0.25, 0.3) is 5.91 Å². The molecular weight excluding hydrogens is 500 g/mol. The summed E-state index contributed by atoms with van der Waals surface area (Å²) >= 11 is 0. The molecule has 0 atom stereocenters. The van der Waals surface area contributed by atoms with Crippen LogP contribution in [0.1, 0.15) is 21.6 Å². The zero-order valence-corrected chi connectivity index (χ0v) is 21.3. The molecule has 5 aromatic rings. The number of aromatic nitrogens is 4. The van der Waals surface area contributed by atoms with Gasteiger partial charge in [-0.1, -0.05) is 6.07 Å². The molecular formula is C27H24N8O4. The normalized spacial score (nSPS) is 14.9. The molecule has 6 heterocycles. The monoisotopic (exact) mass is 524 g/mol. The highest BCUT2D eigenvalue weighted by Crippen LogP contribution is 2.36. The van der Waals surface area contributed by atoms with Crippen molar-refractivity contribution in [3.8, 4) is 11.3 Å². The highest BCUT2D eigenvalue weighted by Gasteiger charge is 2.29. The standard InChI is InChI=1S/C27H24N8O4/c1-33(2)14-18-19(34-8-10-39-27(34)37)5-6-22(32-18)31-17-4-3-15(16-11-29-25(36)24(16)17)21-12-28-23-13-30-26-20(35(21)23)7-9-38-26/h3-7,9,12-13H,8,10-11,14H2,1-2H3,(H,29,36)(H,31,32). The SMILES string of the molecule is CN(C)Cc1nc(Nc2ccc(-c3cnc4cnc5occc5n34)c3c2C(=O)NC3)ccc1N1CCOC1=O. The van der Waals surface area contributed by atoms with Crippen LogP contribution in [0.4, 0.5) is 22.0 Å². The molecule has 2 amide bonds. The van der Waals surface area contributed by atoms with Gasteiger partial charge in [0.05, 0.1) is 53.5 Å². The Morgan fingerprint density at radius 3 is 2.82 bits per heavy atom. The molecule has 0 bridgehead atoms. The van der Waals surface area contributed by atoms with Crippen LogP contribution in [-0.2, 0) is 17.8 Å². The van der Waals surface area contributed by atoms with E-state index >= 15 is 0 Å². The third-order valence-electron chi connectivity index (χ3n) is 6.92. The van der Waals surface area contributed by atoms with Crippen molar-refractivity contribution in [2.45, 2.75) is 13.1 Å². The minimum atomic E-state index is -0.376. The maximum absolute atomic E-state index is 13.0. The highest BCUT2D eigenvalue weighted by atomic mass is 16.6. The van der Waals surface area contributed by atoms with Crippen molar-refractivity contribution >= 4 is 46.1 Å². The fraction of sp³-hybridized carbons (Fsp3) is 0.222. The molecule has 4 aromatic heterocycles. The fourth-order valence-corrected chi connectivity index (χ4v) is 5.25. The van der Waals surface area contributed by atoms with Crippen molar-refractivity contribution in [3.63, 3.8) is 0 Å². The first kappa shape index (κ1) is 23.2.